The second kappa shape index (κ2) is 5.68. The number of hydrogen-bond donors (Lipinski definition) is 0. The summed E-state index contributed by atoms with van der Waals surface area (Å²) < 4.78 is 41.3. The maximum Gasteiger partial charge on any atom is 0.276 e. The van der Waals surface area contributed by atoms with E-state index in [-0.39, 0.29) is 19.6 Å². The summed E-state index contributed by atoms with van der Waals surface area (Å²) >= 11 is 0. The summed E-state index contributed by atoms with van der Waals surface area (Å²) in [7, 11) is 1.55. The number of halogens is 2. The molecule has 118 valence electrons. The summed E-state index contributed by atoms with van der Waals surface area (Å²) in [5.74, 6) is -1.56. The number of ether oxygens (including phenoxy) is 3. The Kier molecular flexibility index (Phi) is 3.87. The van der Waals surface area contributed by atoms with E-state index >= 15 is 0 Å². The molecule has 1 atom stereocenters. The van der Waals surface area contributed by atoms with Crippen LogP contribution in [-0.4, -0.2) is 37.3 Å². The van der Waals surface area contributed by atoms with Crippen molar-refractivity contribution in [1.29, 1.82) is 0 Å². The maximum atomic E-state index is 12.7. The number of aryl methyl sites for hydroxylation is 1. The third kappa shape index (κ3) is 3.11. The molecule has 2 aromatic rings. The van der Waals surface area contributed by atoms with Crippen LogP contribution in [0.25, 0.3) is 10.9 Å². The minimum atomic E-state index is -2.66. The van der Waals surface area contributed by atoms with Crippen LogP contribution in [0.2, 0.25) is 0 Å². The van der Waals surface area contributed by atoms with Crippen LogP contribution in [0, 0.1) is 6.92 Å². The Bertz CT molecular complexity index is 690. The van der Waals surface area contributed by atoms with E-state index in [0.29, 0.717) is 11.5 Å². The Morgan fingerprint density at radius 2 is 2.00 bits per heavy atom. The average Bonchev–Trinajstić information content (AvgIpc) is 3.10. The molecule has 1 unspecified atom stereocenters. The van der Waals surface area contributed by atoms with Gasteiger partial charge in [-0.25, -0.2) is 8.78 Å². The van der Waals surface area contributed by atoms with Gasteiger partial charge in [0, 0.05) is 23.6 Å². The third-order valence-electron chi connectivity index (χ3n) is 3.54. The number of hydrogen-bond acceptors (Lipinski definition) is 4. The highest BCUT2D eigenvalue weighted by molar-refractivity contribution is 5.82. The Morgan fingerprint density at radius 3 is 2.68 bits per heavy atom. The highest BCUT2D eigenvalue weighted by Gasteiger charge is 2.58. The molecule has 6 heteroatoms. The molecule has 0 radical (unpaired) electrons. The maximum absolute atomic E-state index is 12.7. The lowest BCUT2D eigenvalue weighted by molar-refractivity contribution is 0.00400. The van der Waals surface area contributed by atoms with Gasteiger partial charge in [0.2, 0.25) is 0 Å². The first-order valence-corrected chi connectivity index (χ1v) is 7.07. The van der Waals surface area contributed by atoms with Crippen LogP contribution in [0.3, 0.4) is 0 Å². The molecule has 0 aliphatic heterocycles. The Balaban J connectivity index is 1.66. The molecular formula is C16H17F2NO3. The number of pyridine rings is 1. The predicted octanol–water partition coefficient (Wildman–Crippen LogP) is 3.35. The zero-order chi connectivity index (χ0) is 15.7. The fraction of sp³-hybridized carbons (Fsp3) is 0.438. The second-order valence-electron chi connectivity index (χ2n) is 5.32. The number of aromatic nitrogens is 1. The number of rotatable bonds is 6. The number of alkyl halides is 2. The Labute approximate surface area is 127 Å². The first-order valence-electron chi connectivity index (χ1n) is 7.07. The Hall–Kier alpha value is -1.95. The van der Waals surface area contributed by atoms with Crippen LogP contribution in [-0.2, 0) is 4.74 Å². The van der Waals surface area contributed by atoms with Crippen molar-refractivity contribution >= 4 is 10.9 Å². The monoisotopic (exact) mass is 309 g/mol. The van der Waals surface area contributed by atoms with Gasteiger partial charge in [0.1, 0.15) is 12.7 Å². The molecule has 0 N–H and O–H groups in total. The van der Waals surface area contributed by atoms with Gasteiger partial charge in [-0.15, -0.1) is 0 Å². The zero-order valence-corrected chi connectivity index (χ0v) is 12.4. The molecule has 3 rings (SSSR count). The van der Waals surface area contributed by atoms with E-state index in [2.05, 4.69) is 4.98 Å². The molecule has 1 aliphatic rings. The lowest BCUT2D eigenvalue weighted by Gasteiger charge is -2.12. The Morgan fingerprint density at radius 1 is 1.23 bits per heavy atom. The molecular weight excluding hydrogens is 292 g/mol. The van der Waals surface area contributed by atoms with Crippen LogP contribution < -0.4 is 9.47 Å². The molecule has 1 saturated carbocycles. The average molecular weight is 309 g/mol. The molecule has 4 nitrogen and oxygen atoms in total. The number of fused-ring (bicyclic) bond motifs is 1. The fourth-order valence-electron chi connectivity index (χ4n) is 2.22. The topological polar surface area (TPSA) is 40.6 Å². The van der Waals surface area contributed by atoms with Gasteiger partial charge < -0.3 is 14.2 Å². The zero-order valence-electron chi connectivity index (χ0n) is 12.4. The minimum absolute atomic E-state index is 0.119. The van der Waals surface area contributed by atoms with Crippen molar-refractivity contribution in [2.45, 2.75) is 25.4 Å². The fourth-order valence-corrected chi connectivity index (χ4v) is 2.22. The molecule has 1 aromatic carbocycles. The molecule has 0 spiro atoms. The van der Waals surface area contributed by atoms with Crippen LogP contribution >= 0.6 is 0 Å². The normalized spacial score (nSPS) is 19.2. The van der Waals surface area contributed by atoms with Gasteiger partial charge in [0.15, 0.2) is 11.5 Å². The van der Waals surface area contributed by atoms with Crippen molar-refractivity contribution in [3.8, 4) is 11.5 Å². The minimum Gasteiger partial charge on any atom is -0.493 e. The van der Waals surface area contributed by atoms with Crippen LogP contribution in [0.5, 0.6) is 11.5 Å². The van der Waals surface area contributed by atoms with Crippen molar-refractivity contribution in [1.82, 2.24) is 4.98 Å². The summed E-state index contributed by atoms with van der Waals surface area (Å²) in [6, 6.07) is 7.49. The smallest absolute Gasteiger partial charge is 0.276 e. The first kappa shape index (κ1) is 15.0. The molecule has 0 bridgehead atoms. The van der Waals surface area contributed by atoms with Crippen LogP contribution in [0.4, 0.5) is 8.78 Å². The number of benzene rings is 1. The molecule has 1 aromatic heterocycles. The summed E-state index contributed by atoms with van der Waals surface area (Å²) in [6.07, 6.45) is -1.15. The highest BCUT2D eigenvalue weighted by Crippen LogP contribution is 2.44. The van der Waals surface area contributed by atoms with Crippen molar-refractivity contribution in [3.63, 3.8) is 0 Å². The molecule has 0 saturated heterocycles. The third-order valence-corrected chi connectivity index (χ3v) is 3.54. The molecule has 1 fully saturated rings. The van der Waals surface area contributed by atoms with E-state index in [1.54, 1.807) is 13.2 Å². The standard InChI is InChI=1S/C16H17F2NO3/c1-10-3-4-11-7-14(13(20-2)8-12(11)19-10)21-5-6-22-15-9-16(15,17)18/h3-4,7-8,15H,5-6,9H2,1-2H3. The summed E-state index contributed by atoms with van der Waals surface area (Å²) in [5, 5.41) is 0.927. The van der Waals surface area contributed by atoms with Gasteiger partial charge in [0.05, 0.1) is 19.2 Å². The summed E-state index contributed by atoms with van der Waals surface area (Å²) in [5.41, 5.74) is 1.74. The van der Waals surface area contributed by atoms with Crippen molar-refractivity contribution in [2.75, 3.05) is 20.3 Å². The molecule has 22 heavy (non-hydrogen) atoms. The molecule has 1 aliphatic carbocycles. The number of methoxy groups -OCH3 is 1. The molecule has 0 amide bonds. The van der Waals surface area contributed by atoms with Gasteiger partial charge in [-0.1, -0.05) is 6.07 Å². The van der Waals surface area contributed by atoms with Crippen molar-refractivity contribution < 1.29 is 23.0 Å². The van der Waals surface area contributed by atoms with Gasteiger partial charge in [0.25, 0.3) is 5.92 Å². The van der Waals surface area contributed by atoms with Gasteiger partial charge in [-0.05, 0) is 19.1 Å². The van der Waals surface area contributed by atoms with Crippen molar-refractivity contribution in [2.24, 2.45) is 0 Å². The van der Waals surface area contributed by atoms with E-state index in [4.69, 9.17) is 14.2 Å². The lowest BCUT2D eigenvalue weighted by atomic mass is 10.2. The van der Waals surface area contributed by atoms with E-state index in [1.165, 1.54) is 0 Å². The van der Waals surface area contributed by atoms with Crippen LogP contribution in [0.1, 0.15) is 12.1 Å². The van der Waals surface area contributed by atoms with Crippen LogP contribution in [0.15, 0.2) is 24.3 Å². The van der Waals surface area contributed by atoms with Gasteiger partial charge >= 0.3 is 0 Å². The van der Waals surface area contributed by atoms with E-state index in [9.17, 15) is 8.78 Å². The van der Waals surface area contributed by atoms with E-state index < -0.39 is 12.0 Å². The second-order valence-corrected chi connectivity index (χ2v) is 5.32. The predicted molar refractivity (Wildman–Crippen MR) is 77.8 cm³/mol. The largest absolute Gasteiger partial charge is 0.493 e. The number of nitrogens with zero attached hydrogens (tertiary/aromatic N) is 1. The first-order chi connectivity index (χ1) is 10.5. The quantitative estimate of drug-likeness (QED) is 0.767. The van der Waals surface area contributed by atoms with E-state index in [0.717, 1.165) is 16.6 Å². The SMILES string of the molecule is COc1cc2nc(C)ccc2cc1OCCOC1CC1(F)F. The van der Waals surface area contributed by atoms with Gasteiger partial charge in [-0.3, -0.25) is 4.98 Å². The van der Waals surface area contributed by atoms with E-state index in [1.807, 2.05) is 25.1 Å². The van der Waals surface area contributed by atoms with Crippen molar-refractivity contribution in [3.05, 3.63) is 30.0 Å². The lowest BCUT2D eigenvalue weighted by Crippen LogP contribution is -2.11. The summed E-state index contributed by atoms with van der Waals surface area (Å²) in [6.45, 7) is 2.22. The van der Waals surface area contributed by atoms with Gasteiger partial charge in [-0.2, -0.15) is 0 Å². The summed E-state index contributed by atoms with van der Waals surface area (Å²) in [4.78, 5) is 4.43. The molecule has 1 heterocycles. The highest BCUT2D eigenvalue weighted by atomic mass is 19.3.